The maximum absolute atomic E-state index is 13.1. The third-order valence-electron chi connectivity index (χ3n) is 2.98. The van der Waals surface area contributed by atoms with Gasteiger partial charge >= 0.3 is 0 Å². The van der Waals surface area contributed by atoms with Crippen molar-refractivity contribution in [3.63, 3.8) is 0 Å². The number of hydrogen-bond donors (Lipinski definition) is 1. The summed E-state index contributed by atoms with van der Waals surface area (Å²) in [7, 11) is 0. The third-order valence-corrected chi connectivity index (χ3v) is 4.20. The van der Waals surface area contributed by atoms with Gasteiger partial charge in [-0.05, 0) is 42.8 Å². The van der Waals surface area contributed by atoms with Crippen LogP contribution in [0.1, 0.15) is 10.6 Å². The number of nitrogens with zero attached hydrogens (tertiary/aromatic N) is 1. The lowest BCUT2D eigenvalue weighted by Gasteiger charge is -2.07. The maximum Gasteiger partial charge on any atom is 0.141 e. The van der Waals surface area contributed by atoms with E-state index in [1.165, 1.54) is 6.07 Å². The summed E-state index contributed by atoms with van der Waals surface area (Å²) >= 11 is 7.44. The van der Waals surface area contributed by atoms with Crippen LogP contribution in [0.4, 0.5) is 10.1 Å². The Hall–Kier alpha value is -1.65. The minimum Gasteiger partial charge on any atom is -0.381 e. The van der Waals surface area contributed by atoms with Gasteiger partial charge in [0.05, 0.1) is 20.2 Å². The van der Waals surface area contributed by atoms with Crippen LogP contribution < -0.4 is 5.32 Å². The fourth-order valence-electron chi connectivity index (χ4n) is 2.00. The molecular weight excluding hydrogens is 295 g/mol. The van der Waals surface area contributed by atoms with Crippen LogP contribution in [-0.2, 0) is 6.54 Å². The SMILES string of the molecule is Cc1nc2ccc(NCc3ccc(F)c(Cl)c3)cc2s1. The largest absolute Gasteiger partial charge is 0.381 e. The molecule has 0 amide bonds. The Morgan fingerprint density at radius 1 is 1.25 bits per heavy atom. The summed E-state index contributed by atoms with van der Waals surface area (Å²) in [5, 5.41) is 4.52. The van der Waals surface area contributed by atoms with Gasteiger partial charge in [-0.3, -0.25) is 0 Å². The lowest BCUT2D eigenvalue weighted by molar-refractivity contribution is 0.627. The second kappa shape index (κ2) is 5.38. The molecule has 0 spiro atoms. The number of thiazole rings is 1. The van der Waals surface area contributed by atoms with E-state index >= 15 is 0 Å². The van der Waals surface area contributed by atoms with Crippen molar-refractivity contribution in [1.82, 2.24) is 4.98 Å². The summed E-state index contributed by atoms with van der Waals surface area (Å²) in [5.74, 6) is -0.392. The molecule has 3 aromatic rings. The molecule has 102 valence electrons. The van der Waals surface area contributed by atoms with Crippen molar-refractivity contribution in [2.45, 2.75) is 13.5 Å². The average Bonchev–Trinajstić information content (AvgIpc) is 2.79. The summed E-state index contributed by atoms with van der Waals surface area (Å²) in [6.45, 7) is 2.60. The van der Waals surface area contributed by atoms with Crippen molar-refractivity contribution in [2.24, 2.45) is 0 Å². The monoisotopic (exact) mass is 306 g/mol. The van der Waals surface area contributed by atoms with Crippen LogP contribution in [0.25, 0.3) is 10.2 Å². The Bertz CT molecular complexity index is 770. The second-order valence-corrected chi connectivity index (χ2v) is 6.16. The Morgan fingerprint density at radius 2 is 2.10 bits per heavy atom. The first-order valence-electron chi connectivity index (χ1n) is 6.17. The summed E-state index contributed by atoms with van der Waals surface area (Å²) in [6.07, 6.45) is 0. The van der Waals surface area contributed by atoms with E-state index in [4.69, 9.17) is 11.6 Å². The number of nitrogens with one attached hydrogen (secondary N) is 1. The van der Waals surface area contributed by atoms with Gasteiger partial charge in [0.25, 0.3) is 0 Å². The van der Waals surface area contributed by atoms with E-state index in [0.717, 1.165) is 26.5 Å². The average molecular weight is 307 g/mol. The highest BCUT2D eigenvalue weighted by Gasteiger charge is 2.03. The quantitative estimate of drug-likeness (QED) is 0.736. The van der Waals surface area contributed by atoms with Crippen molar-refractivity contribution >= 4 is 38.8 Å². The normalized spacial score (nSPS) is 10.9. The zero-order valence-electron chi connectivity index (χ0n) is 10.8. The highest BCUT2D eigenvalue weighted by Crippen LogP contribution is 2.25. The van der Waals surface area contributed by atoms with E-state index in [1.54, 1.807) is 23.5 Å². The molecule has 0 atom stereocenters. The highest BCUT2D eigenvalue weighted by molar-refractivity contribution is 7.18. The van der Waals surface area contributed by atoms with Gasteiger partial charge < -0.3 is 5.32 Å². The fraction of sp³-hybridized carbons (Fsp3) is 0.133. The van der Waals surface area contributed by atoms with Gasteiger partial charge in [0.2, 0.25) is 0 Å². The predicted molar refractivity (Wildman–Crippen MR) is 83.1 cm³/mol. The van der Waals surface area contributed by atoms with Crippen molar-refractivity contribution in [1.29, 1.82) is 0 Å². The Labute approximate surface area is 125 Å². The molecule has 2 aromatic carbocycles. The van der Waals surface area contributed by atoms with Crippen LogP contribution in [-0.4, -0.2) is 4.98 Å². The fourth-order valence-corrected chi connectivity index (χ4v) is 3.07. The highest BCUT2D eigenvalue weighted by atomic mass is 35.5. The molecule has 3 rings (SSSR count). The third kappa shape index (κ3) is 2.76. The molecule has 0 fully saturated rings. The van der Waals surface area contributed by atoms with Crippen LogP contribution in [0.3, 0.4) is 0 Å². The number of benzene rings is 2. The zero-order valence-corrected chi connectivity index (χ0v) is 12.4. The van der Waals surface area contributed by atoms with Crippen molar-refractivity contribution < 1.29 is 4.39 Å². The number of halogens is 2. The molecule has 0 aliphatic rings. The smallest absolute Gasteiger partial charge is 0.141 e. The first-order chi connectivity index (χ1) is 9.61. The van der Waals surface area contributed by atoms with Crippen molar-refractivity contribution in [2.75, 3.05) is 5.32 Å². The number of aromatic nitrogens is 1. The van der Waals surface area contributed by atoms with Crippen molar-refractivity contribution in [3.8, 4) is 0 Å². The summed E-state index contributed by atoms with van der Waals surface area (Å²) in [4.78, 5) is 4.43. The first kappa shape index (κ1) is 13.3. The molecule has 0 unspecified atom stereocenters. The molecule has 1 N–H and O–H groups in total. The Morgan fingerprint density at radius 3 is 2.90 bits per heavy atom. The summed E-state index contributed by atoms with van der Waals surface area (Å²) < 4.78 is 14.2. The standard InChI is InChI=1S/C15H12ClFN2S/c1-9-19-14-5-3-11(7-15(14)20-9)18-8-10-2-4-13(17)12(16)6-10/h2-7,18H,8H2,1H3. The second-order valence-electron chi connectivity index (χ2n) is 4.52. The van der Waals surface area contributed by atoms with Gasteiger partial charge in [-0.15, -0.1) is 11.3 Å². The van der Waals surface area contributed by atoms with Crippen LogP contribution in [0, 0.1) is 12.7 Å². The maximum atomic E-state index is 13.1. The topological polar surface area (TPSA) is 24.9 Å². The van der Waals surface area contributed by atoms with Gasteiger partial charge in [0.1, 0.15) is 5.82 Å². The molecule has 5 heteroatoms. The summed E-state index contributed by atoms with van der Waals surface area (Å²) in [5.41, 5.74) is 2.97. The summed E-state index contributed by atoms with van der Waals surface area (Å²) in [6, 6.07) is 10.8. The minimum absolute atomic E-state index is 0.151. The van der Waals surface area contributed by atoms with E-state index in [1.807, 2.05) is 19.1 Å². The molecule has 0 bridgehead atoms. The predicted octanol–water partition coefficient (Wildman–Crippen LogP) is 5.01. The van der Waals surface area contributed by atoms with Gasteiger partial charge in [-0.2, -0.15) is 0 Å². The minimum atomic E-state index is -0.392. The van der Waals surface area contributed by atoms with Crippen LogP contribution in [0.2, 0.25) is 5.02 Å². The van der Waals surface area contributed by atoms with Crippen LogP contribution in [0.15, 0.2) is 36.4 Å². The van der Waals surface area contributed by atoms with Crippen molar-refractivity contribution in [3.05, 3.63) is 57.8 Å². The zero-order chi connectivity index (χ0) is 14.1. The van der Waals surface area contributed by atoms with E-state index in [-0.39, 0.29) is 5.02 Å². The first-order valence-corrected chi connectivity index (χ1v) is 7.36. The van der Waals surface area contributed by atoms with E-state index < -0.39 is 5.82 Å². The molecule has 1 aromatic heterocycles. The molecule has 0 radical (unpaired) electrons. The molecular formula is C15H12ClFN2S. The molecule has 0 saturated carbocycles. The lowest BCUT2D eigenvalue weighted by atomic mass is 10.2. The Kier molecular flexibility index (Phi) is 3.59. The number of rotatable bonds is 3. The van der Waals surface area contributed by atoms with E-state index in [0.29, 0.717) is 6.54 Å². The van der Waals surface area contributed by atoms with Gasteiger partial charge in [0.15, 0.2) is 0 Å². The van der Waals surface area contributed by atoms with Gasteiger partial charge in [0, 0.05) is 12.2 Å². The number of aryl methyl sites for hydroxylation is 1. The number of fused-ring (bicyclic) bond motifs is 1. The van der Waals surface area contributed by atoms with Crippen LogP contribution in [0.5, 0.6) is 0 Å². The number of hydrogen-bond acceptors (Lipinski definition) is 3. The molecule has 1 heterocycles. The molecule has 0 saturated heterocycles. The van der Waals surface area contributed by atoms with E-state index in [2.05, 4.69) is 16.4 Å². The van der Waals surface area contributed by atoms with Crippen LogP contribution >= 0.6 is 22.9 Å². The molecule has 2 nitrogen and oxygen atoms in total. The number of anilines is 1. The lowest BCUT2D eigenvalue weighted by Crippen LogP contribution is -1.99. The van der Waals surface area contributed by atoms with Gasteiger partial charge in [-0.25, -0.2) is 9.37 Å². The molecule has 0 aliphatic heterocycles. The molecule has 0 aliphatic carbocycles. The van der Waals surface area contributed by atoms with E-state index in [9.17, 15) is 4.39 Å². The Balaban J connectivity index is 1.77. The van der Waals surface area contributed by atoms with Gasteiger partial charge in [-0.1, -0.05) is 17.7 Å². The molecule has 20 heavy (non-hydrogen) atoms.